The van der Waals surface area contributed by atoms with E-state index in [4.69, 9.17) is 4.74 Å². The summed E-state index contributed by atoms with van der Waals surface area (Å²) >= 11 is 7.02. The van der Waals surface area contributed by atoms with Gasteiger partial charge in [0, 0.05) is 22.6 Å². The summed E-state index contributed by atoms with van der Waals surface area (Å²) < 4.78 is 8.09. The van der Waals surface area contributed by atoms with Crippen LogP contribution in [0.3, 0.4) is 0 Å². The van der Waals surface area contributed by atoms with Crippen molar-refractivity contribution in [2.75, 3.05) is 0 Å². The third-order valence-electron chi connectivity index (χ3n) is 3.05. The largest absolute Gasteiger partial charge is 0.487 e. The van der Waals surface area contributed by atoms with E-state index in [-0.39, 0.29) is 0 Å². The highest BCUT2D eigenvalue weighted by molar-refractivity contribution is 9.10. The van der Waals surface area contributed by atoms with Gasteiger partial charge in [-0.3, -0.25) is 0 Å². The van der Waals surface area contributed by atoms with Gasteiger partial charge in [-0.15, -0.1) is 0 Å². The van der Waals surface area contributed by atoms with Crippen LogP contribution in [0.5, 0.6) is 5.75 Å². The number of nitrogens with one attached hydrogen (secondary N) is 1. The molecule has 0 aliphatic rings. The first-order valence-corrected chi connectivity index (χ1v) is 8.53. The summed E-state index contributed by atoms with van der Waals surface area (Å²) in [7, 11) is 0. The van der Waals surface area contributed by atoms with Crippen molar-refractivity contribution in [3.05, 3.63) is 62.5 Å². The molecule has 2 nitrogen and oxygen atoms in total. The molecule has 21 heavy (non-hydrogen) atoms. The molecule has 0 heterocycles. The third kappa shape index (κ3) is 5.13. The lowest BCUT2D eigenvalue weighted by molar-refractivity contribution is 0.300. The summed E-state index contributed by atoms with van der Waals surface area (Å²) in [5, 5.41) is 3.43. The highest BCUT2D eigenvalue weighted by Gasteiger charge is 2.09. The minimum atomic E-state index is 0.448. The van der Waals surface area contributed by atoms with Crippen molar-refractivity contribution in [3.8, 4) is 5.75 Å². The summed E-state index contributed by atoms with van der Waals surface area (Å²) in [4.78, 5) is 0. The molecule has 0 aromatic heterocycles. The molecular weight excluding hydrogens is 394 g/mol. The Morgan fingerprint density at radius 3 is 2.43 bits per heavy atom. The van der Waals surface area contributed by atoms with Crippen LogP contribution in [-0.4, -0.2) is 6.04 Å². The summed E-state index contributed by atoms with van der Waals surface area (Å²) in [6, 6.07) is 14.8. The Morgan fingerprint density at radius 1 is 1.05 bits per heavy atom. The Labute approximate surface area is 143 Å². The van der Waals surface area contributed by atoms with Crippen LogP contribution in [0, 0.1) is 0 Å². The topological polar surface area (TPSA) is 21.3 Å². The standard InChI is InChI=1S/C17H19Br2NO/c1-12(2)20-10-14-4-3-5-16(19)17(14)21-11-13-6-8-15(18)9-7-13/h3-9,12,20H,10-11H2,1-2H3. The van der Waals surface area contributed by atoms with E-state index in [1.807, 2.05) is 24.3 Å². The second-order valence-electron chi connectivity index (χ2n) is 5.18. The summed E-state index contributed by atoms with van der Waals surface area (Å²) in [6.07, 6.45) is 0. The van der Waals surface area contributed by atoms with Crippen molar-refractivity contribution in [3.63, 3.8) is 0 Å². The molecule has 112 valence electrons. The smallest absolute Gasteiger partial charge is 0.138 e. The van der Waals surface area contributed by atoms with Crippen LogP contribution in [0.15, 0.2) is 51.4 Å². The van der Waals surface area contributed by atoms with E-state index in [2.05, 4.69) is 69.2 Å². The second kappa shape index (κ2) is 7.97. The molecule has 0 spiro atoms. The van der Waals surface area contributed by atoms with Crippen LogP contribution in [0.4, 0.5) is 0 Å². The lowest BCUT2D eigenvalue weighted by Gasteiger charge is -2.15. The second-order valence-corrected chi connectivity index (χ2v) is 6.95. The number of hydrogen-bond acceptors (Lipinski definition) is 2. The highest BCUT2D eigenvalue weighted by Crippen LogP contribution is 2.30. The predicted octanol–water partition coefficient (Wildman–Crippen LogP) is 5.29. The number of ether oxygens (including phenoxy) is 1. The minimum absolute atomic E-state index is 0.448. The van der Waals surface area contributed by atoms with Crippen LogP contribution in [0.25, 0.3) is 0 Å². The molecule has 0 amide bonds. The highest BCUT2D eigenvalue weighted by atomic mass is 79.9. The number of halogens is 2. The SMILES string of the molecule is CC(C)NCc1cccc(Br)c1OCc1ccc(Br)cc1. The zero-order valence-electron chi connectivity index (χ0n) is 12.2. The maximum atomic E-state index is 6.02. The molecule has 2 aromatic carbocycles. The maximum Gasteiger partial charge on any atom is 0.138 e. The number of hydrogen-bond donors (Lipinski definition) is 1. The first-order valence-electron chi connectivity index (χ1n) is 6.94. The van der Waals surface area contributed by atoms with Gasteiger partial charge in [0.25, 0.3) is 0 Å². The van der Waals surface area contributed by atoms with Gasteiger partial charge in [0.1, 0.15) is 12.4 Å². The van der Waals surface area contributed by atoms with Crippen molar-refractivity contribution in [2.24, 2.45) is 0 Å². The van der Waals surface area contributed by atoms with E-state index in [0.29, 0.717) is 12.6 Å². The van der Waals surface area contributed by atoms with E-state index in [0.717, 1.165) is 32.4 Å². The molecule has 0 bridgehead atoms. The van der Waals surface area contributed by atoms with Gasteiger partial charge in [-0.05, 0) is 39.7 Å². The van der Waals surface area contributed by atoms with Crippen molar-refractivity contribution in [1.29, 1.82) is 0 Å². The maximum absolute atomic E-state index is 6.02. The van der Waals surface area contributed by atoms with Gasteiger partial charge in [0.2, 0.25) is 0 Å². The first kappa shape index (κ1) is 16.5. The Bertz CT molecular complexity index is 582. The van der Waals surface area contributed by atoms with Crippen molar-refractivity contribution >= 4 is 31.9 Å². The molecule has 4 heteroatoms. The van der Waals surface area contributed by atoms with Crippen molar-refractivity contribution in [2.45, 2.75) is 33.0 Å². The van der Waals surface area contributed by atoms with Gasteiger partial charge in [-0.2, -0.15) is 0 Å². The molecule has 0 saturated carbocycles. The van der Waals surface area contributed by atoms with Crippen molar-refractivity contribution in [1.82, 2.24) is 5.32 Å². The van der Waals surface area contributed by atoms with E-state index >= 15 is 0 Å². The zero-order chi connectivity index (χ0) is 15.2. The van der Waals surface area contributed by atoms with Gasteiger partial charge >= 0.3 is 0 Å². The molecule has 0 unspecified atom stereocenters. The summed E-state index contributed by atoms with van der Waals surface area (Å²) in [5.74, 6) is 0.911. The molecule has 1 N–H and O–H groups in total. The van der Waals surface area contributed by atoms with Gasteiger partial charge in [-0.25, -0.2) is 0 Å². The van der Waals surface area contributed by atoms with Crippen molar-refractivity contribution < 1.29 is 4.74 Å². The minimum Gasteiger partial charge on any atom is -0.487 e. The van der Waals surface area contributed by atoms with Crippen LogP contribution in [-0.2, 0) is 13.2 Å². The normalized spacial score (nSPS) is 10.9. The van der Waals surface area contributed by atoms with Gasteiger partial charge in [-0.1, -0.05) is 54.0 Å². The Balaban J connectivity index is 2.09. The predicted molar refractivity (Wildman–Crippen MR) is 94.6 cm³/mol. The summed E-state index contributed by atoms with van der Waals surface area (Å²) in [6.45, 7) is 5.64. The molecule has 2 rings (SSSR count). The fraction of sp³-hybridized carbons (Fsp3) is 0.294. The molecule has 2 aromatic rings. The van der Waals surface area contributed by atoms with Crippen LogP contribution in [0.2, 0.25) is 0 Å². The molecule has 0 atom stereocenters. The molecule has 0 aliphatic heterocycles. The van der Waals surface area contributed by atoms with Gasteiger partial charge < -0.3 is 10.1 Å². The number of para-hydroxylation sites is 1. The van der Waals surface area contributed by atoms with E-state index in [1.165, 1.54) is 0 Å². The Morgan fingerprint density at radius 2 is 1.76 bits per heavy atom. The quantitative estimate of drug-likeness (QED) is 0.695. The van der Waals surface area contributed by atoms with E-state index in [1.54, 1.807) is 0 Å². The van der Waals surface area contributed by atoms with E-state index < -0.39 is 0 Å². The lowest BCUT2D eigenvalue weighted by Crippen LogP contribution is -2.22. The fourth-order valence-corrected chi connectivity index (χ4v) is 2.69. The van der Waals surface area contributed by atoms with Crippen LogP contribution < -0.4 is 10.1 Å². The first-order chi connectivity index (χ1) is 10.1. The Kier molecular flexibility index (Phi) is 6.27. The fourth-order valence-electron chi connectivity index (χ4n) is 1.90. The molecular formula is C17H19Br2NO. The molecule has 0 saturated heterocycles. The van der Waals surface area contributed by atoms with Gasteiger partial charge in [0.15, 0.2) is 0 Å². The van der Waals surface area contributed by atoms with Gasteiger partial charge in [0.05, 0.1) is 4.47 Å². The molecule has 0 aliphatic carbocycles. The summed E-state index contributed by atoms with van der Waals surface area (Å²) in [5.41, 5.74) is 2.31. The number of rotatable bonds is 6. The molecule has 0 fully saturated rings. The van der Waals surface area contributed by atoms with E-state index in [9.17, 15) is 0 Å². The average Bonchev–Trinajstić information content (AvgIpc) is 2.46. The average molecular weight is 413 g/mol. The van der Waals surface area contributed by atoms with Crippen LogP contribution >= 0.6 is 31.9 Å². The third-order valence-corrected chi connectivity index (χ3v) is 4.20. The zero-order valence-corrected chi connectivity index (χ0v) is 15.4. The lowest BCUT2D eigenvalue weighted by atomic mass is 10.2. The molecule has 0 radical (unpaired) electrons. The Hall–Kier alpha value is -0.840. The monoisotopic (exact) mass is 411 g/mol. The van der Waals surface area contributed by atoms with Crippen LogP contribution in [0.1, 0.15) is 25.0 Å². The number of benzene rings is 2.